The summed E-state index contributed by atoms with van der Waals surface area (Å²) in [5.74, 6) is 2.53. The van der Waals surface area contributed by atoms with Crippen molar-refractivity contribution in [3.8, 4) is 11.5 Å². The van der Waals surface area contributed by atoms with E-state index in [2.05, 4.69) is 9.88 Å². The highest BCUT2D eigenvalue weighted by molar-refractivity contribution is 5.95. The van der Waals surface area contributed by atoms with E-state index in [0.717, 1.165) is 48.1 Å². The van der Waals surface area contributed by atoms with Gasteiger partial charge < -0.3 is 24.5 Å². The minimum Gasteiger partial charge on any atom is -0.486 e. The number of imidazole rings is 1. The van der Waals surface area contributed by atoms with E-state index in [9.17, 15) is 9.90 Å². The third-order valence-electron chi connectivity index (χ3n) is 6.80. The summed E-state index contributed by atoms with van der Waals surface area (Å²) in [6, 6.07) is 11.4. The molecule has 0 saturated heterocycles. The molecule has 2 aromatic carbocycles. The van der Waals surface area contributed by atoms with E-state index in [0.29, 0.717) is 30.3 Å². The molecule has 1 amide bonds. The zero-order valence-corrected chi connectivity index (χ0v) is 19.4. The number of aliphatic hydroxyl groups is 1. The van der Waals surface area contributed by atoms with Crippen LogP contribution in [0.25, 0.3) is 11.0 Å². The van der Waals surface area contributed by atoms with Crippen LogP contribution in [-0.4, -0.2) is 39.8 Å². The fourth-order valence-corrected chi connectivity index (χ4v) is 4.97. The highest BCUT2D eigenvalue weighted by Crippen LogP contribution is 2.35. The smallest absolute Gasteiger partial charge is 0.251 e. The molecule has 174 valence electrons. The molecule has 0 radical (unpaired) electrons. The maximum Gasteiger partial charge on any atom is 0.251 e. The van der Waals surface area contributed by atoms with Crippen LogP contribution >= 0.6 is 0 Å². The molecule has 1 aromatic heterocycles. The quantitative estimate of drug-likeness (QED) is 0.628. The molecule has 3 aromatic rings. The van der Waals surface area contributed by atoms with Crippen molar-refractivity contribution in [2.45, 2.75) is 57.1 Å². The molecule has 2 N–H and O–H groups in total. The summed E-state index contributed by atoms with van der Waals surface area (Å²) in [6.45, 7) is 4.60. The standard InChI is InChI=1S/C26H31N3O4/c1-26(2,31)18-8-9-21-20(15-18)28-24(29(21)3)16-5-4-6-19(13-16)27-25(30)17-7-10-22-23(14-17)33-12-11-32-22/h7-10,14-16,19,31H,4-6,11-13H2,1-3H3,(H,27,30). The van der Waals surface area contributed by atoms with E-state index in [4.69, 9.17) is 14.5 Å². The van der Waals surface area contributed by atoms with Crippen LogP contribution < -0.4 is 14.8 Å². The van der Waals surface area contributed by atoms with Crippen LogP contribution in [0.2, 0.25) is 0 Å². The highest BCUT2D eigenvalue weighted by atomic mass is 16.6. The van der Waals surface area contributed by atoms with Crippen molar-refractivity contribution in [1.29, 1.82) is 0 Å². The highest BCUT2D eigenvalue weighted by Gasteiger charge is 2.29. The average molecular weight is 450 g/mol. The number of aromatic nitrogens is 2. The maximum atomic E-state index is 12.9. The predicted molar refractivity (Wildman–Crippen MR) is 126 cm³/mol. The van der Waals surface area contributed by atoms with Gasteiger partial charge in [-0.2, -0.15) is 0 Å². The molecule has 7 heteroatoms. The van der Waals surface area contributed by atoms with Crippen molar-refractivity contribution < 1.29 is 19.4 Å². The molecule has 1 saturated carbocycles. The van der Waals surface area contributed by atoms with Crippen molar-refractivity contribution in [3.63, 3.8) is 0 Å². The van der Waals surface area contributed by atoms with Gasteiger partial charge in [-0.25, -0.2) is 4.98 Å². The minimum atomic E-state index is -0.903. The van der Waals surface area contributed by atoms with Crippen molar-refractivity contribution >= 4 is 16.9 Å². The lowest BCUT2D eigenvalue weighted by Gasteiger charge is -2.29. The molecular weight excluding hydrogens is 418 g/mol. The van der Waals surface area contributed by atoms with E-state index in [1.165, 1.54) is 0 Å². The van der Waals surface area contributed by atoms with E-state index in [-0.39, 0.29) is 17.9 Å². The first-order valence-corrected chi connectivity index (χ1v) is 11.7. The fourth-order valence-electron chi connectivity index (χ4n) is 4.97. The molecule has 5 rings (SSSR count). The molecule has 2 atom stereocenters. The lowest BCUT2D eigenvalue weighted by molar-refractivity contribution is 0.0787. The van der Waals surface area contributed by atoms with Crippen molar-refractivity contribution in [2.75, 3.05) is 13.2 Å². The van der Waals surface area contributed by atoms with Crippen molar-refractivity contribution in [2.24, 2.45) is 7.05 Å². The van der Waals surface area contributed by atoms with Crippen LogP contribution in [0.4, 0.5) is 0 Å². The monoisotopic (exact) mass is 449 g/mol. The number of fused-ring (bicyclic) bond motifs is 2. The number of rotatable bonds is 4. The first kappa shape index (κ1) is 21.8. The summed E-state index contributed by atoms with van der Waals surface area (Å²) in [6.07, 6.45) is 3.90. The largest absolute Gasteiger partial charge is 0.486 e. The first-order valence-electron chi connectivity index (χ1n) is 11.7. The van der Waals surface area contributed by atoms with E-state index in [1.54, 1.807) is 32.0 Å². The van der Waals surface area contributed by atoms with E-state index in [1.807, 2.05) is 25.2 Å². The van der Waals surface area contributed by atoms with Crippen molar-refractivity contribution in [1.82, 2.24) is 14.9 Å². The number of carbonyl (C=O) groups excluding carboxylic acids is 1. The number of amides is 1. The Labute approximate surface area is 193 Å². The Morgan fingerprint density at radius 2 is 1.91 bits per heavy atom. The van der Waals surface area contributed by atoms with Gasteiger partial charge in [0.25, 0.3) is 5.91 Å². The van der Waals surface area contributed by atoms with Crippen LogP contribution in [0.15, 0.2) is 36.4 Å². The van der Waals surface area contributed by atoms with Crippen LogP contribution in [0, 0.1) is 0 Å². The molecule has 2 unspecified atom stereocenters. The van der Waals surface area contributed by atoms with Gasteiger partial charge in [-0.15, -0.1) is 0 Å². The average Bonchev–Trinajstić information content (AvgIpc) is 3.14. The minimum absolute atomic E-state index is 0.0857. The number of carbonyl (C=O) groups is 1. The van der Waals surface area contributed by atoms with Crippen LogP contribution in [0.1, 0.15) is 67.2 Å². The Hall–Kier alpha value is -3.06. The second-order valence-corrected chi connectivity index (χ2v) is 9.68. The zero-order chi connectivity index (χ0) is 23.2. The third-order valence-corrected chi connectivity index (χ3v) is 6.80. The number of aryl methyl sites for hydroxylation is 1. The molecule has 7 nitrogen and oxygen atoms in total. The Morgan fingerprint density at radius 3 is 2.70 bits per heavy atom. The number of benzene rings is 2. The lowest BCUT2D eigenvalue weighted by atomic mass is 9.85. The topological polar surface area (TPSA) is 85.6 Å². The van der Waals surface area contributed by atoms with Gasteiger partial charge in [-0.1, -0.05) is 12.5 Å². The van der Waals surface area contributed by atoms with E-state index >= 15 is 0 Å². The summed E-state index contributed by atoms with van der Waals surface area (Å²) in [7, 11) is 2.05. The molecule has 1 aliphatic carbocycles. The van der Waals surface area contributed by atoms with E-state index < -0.39 is 5.60 Å². The molecule has 0 spiro atoms. The maximum absolute atomic E-state index is 12.9. The lowest BCUT2D eigenvalue weighted by Crippen LogP contribution is -2.38. The molecular formula is C26H31N3O4. The Kier molecular flexibility index (Phi) is 5.52. The predicted octanol–water partition coefficient (Wildman–Crippen LogP) is 4.03. The summed E-state index contributed by atoms with van der Waals surface area (Å²) in [5, 5.41) is 13.6. The first-order chi connectivity index (χ1) is 15.8. The summed E-state index contributed by atoms with van der Waals surface area (Å²) in [4.78, 5) is 17.9. The van der Waals surface area contributed by atoms with Gasteiger partial charge in [0, 0.05) is 24.6 Å². The summed E-state index contributed by atoms with van der Waals surface area (Å²) < 4.78 is 13.3. The Bertz CT molecular complexity index is 1190. The van der Waals surface area contributed by atoms with Gasteiger partial charge in [0.05, 0.1) is 16.6 Å². The van der Waals surface area contributed by atoms with Gasteiger partial charge in [0.15, 0.2) is 11.5 Å². The number of hydrogen-bond donors (Lipinski definition) is 2. The molecule has 2 heterocycles. The SMILES string of the molecule is Cn1c(C2CCCC(NC(=O)c3ccc4c(c3)OCCO4)C2)nc2cc(C(C)(C)O)ccc21. The fraction of sp³-hybridized carbons (Fsp3) is 0.462. The van der Waals surface area contributed by atoms with Gasteiger partial charge in [0.1, 0.15) is 19.0 Å². The second-order valence-electron chi connectivity index (χ2n) is 9.68. The number of nitrogens with zero attached hydrogens (tertiary/aromatic N) is 2. The van der Waals surface area contributed by atoms with Crippen LogP contribution in [0.3, 0.4) is 0 Å². The van der Waals surface area contributed by atoms with Crippen LogP contribution in [-0.2, 0) is 12.6 Å². The summed E-state index contributed by atoms with van der Waals surface area (Å²) in [5.41, 5.74) is 2.49. The molecule has 33 heavy (non-hydrogen) atoms. The molecule has 2 aliphatic rings. The van der Waals surface area contributed by atoms with Gasteiger partial charge in [-0.05, 0) is 69.0 Å². The van der Waals surface area contributed by atoms with Gasteiger partial charge in [-0.3, -0.25) is 4.79 Å². The van der Waals surface area contributed by atoms with Gasteiger partial charge >= 0.3 is 0 Å². The Balaban J connectivity index is 1.32. The molecule has 1 fully saturated rings. The third kappa shape index (κ3) is 4.29. The normalized spacial score (nSPS) is 20.6. The van der Waals surface area contributed by atoms with Crippen LogP contribution in [0.5, 0.6) is 11.5 Å². The van der Waals surface area contributed by atoms with Crippen molar-refractivity contribution in [3.05, 3.63) is 53.3 Å². The number of nitrogens with one attached hydrogen (secondary N) is 1. The summed E-state index contributed by atoms with van der Waals surface area (Å²) >= 11 is 0. The molecule has 1 aliphatic heterocycles. The second kappa shape index (κ2) is 8.37. The zero-order valence-electron chi connectivity index (χ0n) is 19.4. The van der Waals surface area contributed by atoms with Gasteiger partial charge in [0.2, 0.25) is 0 Å². The number of hydrogen-bond acceptors (Lipinski definition) is 5. The Morgan fingerprint density at radius 1 is 1.12 bits per heavy atom. The number of ether oxygens (including phenoxy) is 2. The molecule has 0 bridgehead atoms.